The maximum absolute atomic E-state index is 12.0. The molecule has 1 amide bonds. The van der Waals surface area contributed by atoms with Gasteiger partial charge in [-0.1, -0.05) is 54.9 Å². The first kappa shape index (κ1) is 16.2. The average Bonchev–Trinajstić information content (AvgIpc) is 2.27. The lowest BCUT2D eigenvalue weighted by Crippen LogP contribution is -2.40. The Labute approximate surface area is 124 Å². The third-order valence-corrected chi connectivity index (χ3v) is 3.99. The lowest BCUT2D eigenvalue weighted by Gasteiger charge is -2.27. The molecule has 0 bridgehead atoms. The zero-order valence-corrected chi connectivity index (χ0v) is 13.6. The molecule has 19 heavy (non-hydrogen) atoms. The van der Waals surface area contributed by atoms with Crippen molar-refractivity contribution in [2.24, 2.45) is 11.1 Å². The fourth-order valence-corrected chi connectivity index (χ4v) is 2.34. The minimum Gasteiger partial charge on any atom is -0.349 e. The fourth-order valence-electron chi connectivity index (χ4n) is 1.71. The summed E-state index contributed by atoms with van der Waals surface area (Å²) in [5.74, 6) is -0.00863. The Hall–Kier alpha value is -0.870. The van der Waals surface area contributed by atoms with Gasteiger partial charge in [0.2, 0.25) is 5.91 Å². The molecule has 0 heterocycles. The molecule has 1 rings (SSSR count). The van der Waals surface area contributed by atoms with Crippen LogP contribution in [0, 0.1) is 5.41 Å². The second kappa shape index (κ2) is 6.53. The van der Waals surface area contributed by atoms with Gasteiger partial charge in [-0.15, -0.1) is 0 Å². The van der Waals surface area contributed by atoms with E-state index in [9.17, 15) is 4.79 Å². The zero-order valence-electron chi connectivity index (χ0n) is 12.0. The van der Waals surface area contributed by atoms with Crippen molar-refractivity contribution in [3.05, 3.63) is 34.3 Å². The maximum atomic E-state index is 12.0. The van der Waals surface area contributed by atoms with Crippen LogP contribution in [0.25, 0.3) is 0 Å². The van der Waals surface area contributed by atoms with E-state index < -0.39 is 0 Å². The van der Waals surface area contributed by atoms with Crippen LogP contribution < -0.4 is 11.1 Å². The van der Waals surface area contributed by atoms with Crippen LogP contribution in [0.15, 0.2) is 28.7 Å². The van der Waals surface area contributed by atoms with E-state index in [-0.39, 0.29) is 23.4 Å². The van der Waals surface area contributed by atoms with Gasteiger partial charge in [0.15, 0.2) is 0 Å². The van der Waals surface area contributed by atoms with Gasteiger partial charge < -0.3 is 11.1 Å². The monoisotopic (exact) mass is 326 g/mol. The van der Waals surface area contributed by atoms with Gasteiger partial charge in [0.05, 0.1) is 6.04 Å². The summed E-state index contributed by atoms with van der Waals surface area (Å²) in [6.45, 7) is 8.10. The summed E-state index contributed by atoms with van der Waals surface area (Å²) in [6.07, 6.45) is 0.346. The molecule has 0 saturated heterocycles. The third-order valence-electron chi connectivity index (χ3n) is 3.27. The van der Waals surface area contributed by atoms with Crippen LogP contribution in [0.2, 0.25) is 0 Å². The van der Waals surface area contributed by atoms with Crippen molar-refractivity contribution in [1.82, 2.24) is 5.32 Å². The fraction of sp³-hybridized carbons (Fsp3) is 0.533. The SMILES string of the molecule is C[C@H](NC(=O)CC(N)C(C)(C)C)c1ccccc1Br. The topological polar surface area (TPSA) is 55.1 Å². The molecule has 0 radical (unpaired) electrons. The zero-order chi connectivity index (χ0) is 14.6. The van der Waals surface area contributed by atoms with Crippen LogP contribution >= 0.6 is 15.9 Å². The van der Waals surface area contributed by atoms with E-state index in [2.05, 4.69) is 21.2 Å². The summed E-state index contributed by atoms with van der Waals surface area (Å²) in [5.41, 5.74) is 7.03. The minimum absolute atomic E-state index is 0.00863. The second-order valence-electron chi connectivity index (χ2n) is 5.99. The molecule has 2 atom stereocenters. The molecule has 3 N–H and O–H groups in total. The van der Waals surface area contributed by atoms with Crippen molar-refractivity contribution < 1.29 is 4.79 Å². The molecule has 1 aromatic carbocycles. The Bertz CT molecular complexity index is 440. The molecular formula is C15H23BrN2O. The van der Waals surface area contributed by atoms with Gasteiger partial charge >= 0.3 is 0 Å². The van der Waals surface area contributed by atoms with E-state index in [0.717, 1.165) is 10.0 Å². The van der Waals surface area contributed by atoms with Crippen molar-refractivity contribution in [1.29, 1.82) is 0 Å². The lowest BCUT2D eigenvalue weighted by atomic mass is 9.85. The Morgan fingerprint density at radius 2 is 1.95 bits per heavy atom. The summed E-state index contributed by atoms with van der Waals surface area (Å²) in [5, 5.41) is 2.99. The van der Waals surface area contributed by atoms with E-state index >= 15 is 0 Å². The largest absolute Gasteiger partial charge is 0.349 e. The smallest absolute Gasteiger partial charge is 0.222 e. The van der Waals surface area contributed by atoms with Gasteiger partial charge in [-0.3, -0.25) is 4.79 Å². The van der Waals surface area contributed by atoms with Crippen molar-refractivity contribution >= 4 is 21.8 Å². The predicted molar refractivity (Wildman–Crippen MR) is 82.7 cm³/mol. The Kier molecular flexibility index (Phi) is 5.56. The summed E-state index contributed by atoms with van der Waals surface area (Å²) >= 11 is 3.49. The molecule has 0 aliphatic heterocycles. The van der Waals surface area contributed by atoms with Gasteiger partial charge in [-0.2, -0.15) is 0 Å². The first-order chi connectivity index (χ1) is 8.71. The number of hydrogen-bond acceptors (Lipinski definition) is 2. The number of carbonyl (C=O) groups excluding carboxylic acids is 1. The quantitative estimate of drug-likeness (QED) is 0.891. The lowest BCUT2D eigenvalue weighted by molar-refractivity contribution is -0.122. The highest BCUT2D eigenvalue weighted by Gasteiger charge is 2.24. The molecule has 0 saturated carbocycles. The van der Waals surface area contributed by atoms with Crippen LogP contribution in [0.5, 0.6) is 0 Å². The van der Waals surface area contributed by atoms with E-state index in [4.69, 9.17) is 5.73 Å². The second-order valence-corrected chi connectivity index (χ2v) is 6.84. The molecule has 0 spiro atoms. The first-order valence-electron chi connectivity index (χ1n) is 6.51. The molecule has 106 valence electrons. The highest BCUT2D eigenvalue weighted by molar-refractivity contribution is 9.10. The first-order valence-corrected chi connectivity index (χ1v) is 7.30. The molecular weight excluding hydrogens is 304 g/mol. The number of nitrogens with one attached hydrogen (secondary N) is 1. The van der Waals surface area contributed by atoms with Gasteiger partial charge in [0.25, 0.3) is 0 Å². The summed E-state index contributed by atoms with van der Waals surface area (Å²) < 4.78 is 1.00. The average molecular weight is 327 g/mol. The van der Waals surface area contributed by atoms with Crippen LogP contribution in [-0.4, -0.2) is 11.9 Å². The maximum Gasteiger partial charge on any atom is 0.222 e. The Morgan fingerprint density at radius 1 is 1.37 bits per heavy atom. The summed E-state index contributed by atoms with van der Waals surface area (Å²) in [6, 6.07) is 7.72. The van der Waals surface area contributed by atoms with Crippen LogP contribution in [0.4, 0.5) is 0 Å². The van der Waals surface area contributed by atoms with E-state index in [1.54, 1.807) is 0 Å². The molecule has 4 heteroatoms. The highest BCUT2D eigenvalue weighted by atomic mass is 79.9. The number of carbonyl (C=O) groups is 1. The Morgan fingerprint density at radius 3 is 2.47 bits per heavy atom. The molecule has 1 unspecified atom stereocenters. The normalized spacial score (nSPS) is 14.8. The van der Waals surface area contributed by atoms with Gasteiger partial charge in [0.1, 0.15) is 0 Å². The third kappa shape index (κ3) is 4.96. The number of halogens is 1. The number of rotatable bonds is 4. The van der Waals surface area contributed by atoms with E-state index in [0.29, 0.717) is 6.42 Å². The van der Waals surface area contributed by atoms with Gasteiger partial charge in [0, 0.05) is 16.9 Å². The van der Waals surface area contributed by atoms with Crippen molar-refractivity contribution in [3.8, 4) is 0 Å². The number of nitrogens with two attached hydrogens (primary N) is 1. The van der Waals surface area contributed by atoms with Crippen LogP contribution in [0.3, 0.4) is 0 Å². The van der Waals surface area contributed by atoms with Crippen molar-refractivity contribution in [2.75, 3.05) is 0 Å². The van der Waals surface area contributed by atoms with Crippen LogP contribution in [-0.2, 0) is 4.79 Å². The summed E-state index contributed by atoms with van der Waals surface area (Å²) in [4.78, 5) is 12.0. The van der Waals surface area contributed by atoms with E-state index in [1.165, 1.54) is 0 Å². The number of amides is 1. The van der Waals surface area contributed by atoms with Gasteiger partial charge in [-0.25, -0.2) is 0 Å². The van der Waals surface area contributed by atoms with Crippen molar-refractivity contribution in [3.63, 3.8) is 0 Å². The molecule has 3 nitrogen and oxygen atoms in total. The van der Waals surface area contributed by atoms with Crippen molar-refractivity contribution in [2.45, 2.75) is 46.2 Å². The Balaban J connectivity index is 2.61. The highest BCUT2D eigenvalue weighted by Crippen LogP contribution is 2.23. The molecule has 0 aromatic heterocycles. The number of hydrogen-bond donors (Lipinski definition) is 2. The number of benzene rings is 1. The molecule has 0 aliphatic rings. The minimum atomic E-state index is -0.140. The molecule has 0 fully saturated rings. The molecule has 1 aromatic rings. The molecule has 0 aliphatic carbocycles. The standard InChI is InChI=1S/C15H23BrN2O/c1-10(11-7-5-6-8-12(11)16)18-14(19)9-13(17)15(2,3)4/h5-8,10,13H,9,17H2,1-4H3,(H,18,19)/t10-,13?/m0/s1. The van der Waals surface area contributed by atoms with Crippen LogP contribution in [0.1, 0.15) is 45.7 Å². The van der Waals surface area contributed by atoms with Gasteiger partial charge in [-0.05, 0) is 24.0 Å². The predicted octanol–water partition coefficient (Wildman–Crippen LogP) is 3.39. The summed E-state index contributed by atoms with van der Waals surface area (Å²) in [7, 11) is 0. The van der Waals surface area contributed by atoms with E-state index in [1.807, 2.05) is 52.0 Å².